The maximum atomic E-state index is 13.2. The van der Waals surface area contributed by atoms with Crippen molar-refractivity contribution in [2.75, 3.05) is 17.7 Å². The zero-order valence-electron chi connectivity index (χ0n) is 12.7. The summed E-state index contributed by atoms with van der Waals surface area (Å²) >= 11 is 0. The number of hydrogen-bond donors (Lipinski definition) is 2. The average molecular weight is 321 g/mol. The van der Waals surface area contributed by atoms with Gasteiger partial charge < -0.3 is 10.6 Å². The first-order chi connectivity index (χ1) is 11.6. The van der Waals surface area contributed by atoms with E-state index >= 15 is 0 Å². The van der Waals surface area contributed by atoms with Gasteiger partial charge in [-0.05, 0) is 36.4 Å². The van der Waals surface area contributed by atoms with Crippen LogP contribution in [0, 0.1) is 17.1 Å². The molecule has 3 aromatic rings. The van der Waals surface area contributed by atoms with E-state index in [0.717, 1.165) is 0 Å². The first kappa shape index (κ1) is 15.4. The van der Waals surface area contributed by atoms with Gasteiger partial charge >= 0.3 is 0 Å². The van der Waals surface area contributed by atoms with Crippen molar-refractivity contribution >= 4 is 28.2 Å². The number of hydrogen-bond acceptors (Lipinski definition) is 5. The number of nitrogens with zero attached hydrogens (tertiary/aromatic N) is 3. The number of anilines is 2. The molecule has 0 saturated carbocycles. The smallest absolute Gasteiger partial charge is 0.255 e. The predicted octanol–water partition coefficient (Wildman–Crippen LogP) is 2.93. The topological polar surface area (TPSA) is 90.7 Å². The average Bonchev–Trinajstić information content (AvgIpc) is 2.60. The number of amides is 1. The summed E-state index contributed by atoms with van der Waals surface area (Å²) in [5, 5.41) is 23.6. The number of benzene rings is 2. The molecule has 0 aliphatic heterocycles. The molecule has 0 fully saturated rings. The molecule has 6 nitrogen and oxygen atoms in total. The number of aromatic nitrogens is 2. The van der Waals surface area contributed by atoms with Crippen LogP contribution in [-0.4, -0.2) is 23.2 Å². The number of fused-ring (bicyclic) bond motifs is 1. The molecular weight excluding hydrogens is 309 g/mol. The lowest BCUT2D eigenvalue weighted by Gasteiger charge is -2.08. The van der Waals surface area contributed by atoms with E-state index < -0.39 is 11.7 Å². The summed E-state index contributed by atoms with van der Waals surface area (Å²) in [6.45, 7) is 0. The zero-order chi connectivity index (χ0) is 17.1. The number of halogens is 1. The normalized spacial score (nSPS) is 10.2. The van der Waals surface area contributed by atoms with Crippen LogP contribution in [0.4, 0.5) is 15.9 Å². The highest BCUT2D eigenvalue weighted by Crippen LogP contribution is 2.24. The van der Waals surface area contributed by atoms with Crippen LogP contribution in [0.5, 0.6) is 0 Å². The van der Waals surface area contributed by atoms with Gasteiger partial charge in [0.1, 0.15) is 11.9 Å². The highest BCUT2D eigenvalue weighted by atomic mass is 19.1. The van der Waals surface area contributed by atoms with Crippen LogP contribution in [0.15, 0.2) is 42.5 Å². The van der Waals surface area contributed by atoms with Crippen LogP contribution in [0.1, 0.15) is 16.1 Å². The molecule has 0 radical (unpaired) electrons. The van der Waals surface area contributed by atoms with E-state index in [4.69, 9.17) is 0 Å². The minimum absolute atomic E-state index is 0.129. The highest BCUT2D eigenvalue weighted by molar-refractivity contribution is 6.07. The summed E-state index contributed by atoms with van der Waals surface area (Å²) < 4.78 is 13.2. The fourth-order valence-electron chi connectivity index (χ4n) is 2.33. The van der Waals surface area contributed by atoms with Crippen molar-refractivity contribution in [3.05, 3.63) is 59.5 Å². The Bertz CT molecular complexity index is 980. The van der Waals surface area contributed by atoms with Gasteiger partial charge in [-0.3, -0.25) is 4.79 Å². The summed E-state index contributed by atoms with van der Waals surface area (Å²) in [4.78, 5) is 12.4. The van der Waals surface area contributed by atoms with Crippen LogP contribution in [0.25, 0.3) is 10.8 Å². The molecule has 0 unspecified atom stereocenters. The summed E-state index contributed by atoms with van der Waals surface area (Å²) in [6.07, 6.45) is 0. The molecule has 24 heavy (non-hydrogen) atoms. The Balaban J connectivity index is 2.01. The van der Waals surface area contributed by atoms with Crippen molar-refractivity contribution in [1.29, 1.82) is 5.26 Å². The molecule has 0 atom stereocenters. The summed E-state index contributed by atoms with van der Waals surface area (Å²) in [7, 11) is 1.69. The highest BCUT2D eigenvalue weighted by Gasteiger charge is 2.13. The molecule has 2 aromatic carbocycles. The van der Waals surface area contributed by atoms with Crippen LogP contribution in [0.2, 0.25) is 0 Å². The summed E-state index contributed by atoms with van der Waals surface area (Å²) in [6, 6.07) is 12.5. The number of rotatable bonds is 3. The lowest BCUT2D eigenvalue weighted by molar-refractivity contribution is 0.102. The molecule has 0 saturated heterocycles. The van der Waals surface area contributed by atoms with Crippen LogP contribution in [0.3, 0.4) is 0 Å². The van der Waals surface area contributed by atoms with Gasteiger partial charge in [0.2, 0.25) is 0 Å². The second-order valence-electron chi connectivity index (χ2n) is 4.98. The van der Waals surface area contributed by atoms with Gasteiger partial charge in [0.15, 0.2) is 11.5 Å². The quantitative estimate of drug-likeness (QED) is 0.774. The molecule has 0 aliphatic carbocycles. The summed E-state index contributed by atoms with van der Waals surface area (Å²) in [5.74, 6) is -0.331. The molecular formula is C17H12FN5O. The van der Waals surface area contributed by atoms with Crippen LogP contribution in [-0.2, 0) is 0 Å². The molecule has 0 bridgehead atoms. The third-order valence-corrected chi connectivity index (χ3v) is 3.47. The van der Waals surface area contributed by atoms with Gasteiger partial charge in [-0.15, -0.1) is 10.2 Å². The van der Waals surface area contributed by atoms with Gasteiger partial charge in [-0.1, -0.05) is 6.07 Å². The first-order valence-electron chi connectivity index (χ1n) is 7.07. The van der Waals surface area contributed by atoms with E-state index in [1.54, 1.807) is 31.3 Å². The Morgan fingerprint density at radius 3 is 2.71 bits per heavy atom. The minimum atomic E-state index is -0.438. The number of nitrogens with one attached hydrogen (secondary N) is 2. The van der Waals surface area contributed by atoms with Crippen molar-refractivity contribution in [3.8, 4) is 6.07 Å². The molecule has 1 amide bonds. The summed E-state index contributed by atoms with van der Waals surface area (Å²) in [5.41, 5.74) is 0.812. The van der Waals surface area contributed by atoms with E-state index in [2.05, 4.69) is 20.8 Å². The SMILES string of the molecule is CNc1nnc(C#N)c2cc(C(=O)Nc3cccc(F)c3)ccc12. The van der Waals surface area contributed by atoms with Crippen molar-refractivity contribution in [2.45, 2.75) is 0 Å². The van der Waals surface area contributed by atoms with Gasteiger partial charge in [-0.2, -0.15) is 5.26 Å². The standard InChI is InChI=1S/C17H12FN5O/c1-20-16-13-6-5-10(7-14(13)15(9-19)22-23-16)17(24)21-12-4-2-3-11(18)8-12/h2-8H,1H3,(H,20,23)(H,21,24). The number of carbonyl (C=O) groups is 1. The predicted molar refractivity (Wildman–Crippen MR) is 88.2 cm³/mol. The van der Waals surface area contributed by atoms with E-state index in [-0.39, 0.29) is 5.69 Å². The van der Waals surface area contributed by atoms with E-state index in [1.165, 1.54) is 18.2 Å². The maximum absolute atomic E-state index is 13.2. The minimum Gasteiger partial charge on any atom is -0.371 e. The Hall–Kier alpha value is -3.53. The third-order valence-electron chi connectivity index (χ3n) is 3.47. The Morgan fingerprint density at radius 2 is 2.00 bits per heavy atom. The van der Waals surface area contributed by atoms with Gasteiger partial charge in [-0.25, -0.2) is 4.39 Å². The molecule has 1 heterocycles. The lowest BCUT2D eigenvalue weighted by atomic mass is 10.1. The van der Waals surface area contributed by atoms with Crippen LogP contribution >= 0.6 is 0 Å². The Kier molecular flexibility index (Phi) is 4.03. The first-order valence-corrected chi connectivity index (χ1v) is 7.07. The largest absolute Gasteiger partial charge is 0.371 e. The fraction of sp³-hybridized carbons (Fsp3) is 0.0588. The Morgan fingerprint density at radius 1 is 1.17 bits per heavy atom. The molecule has 0 aliphatic rings. The van der Waals surface area contributed by atoms with Crippen molar-refractivity contribution in [3.63, 3.8) is 0 Å². The molecule has 2 N–H and O–H groups in total. The van der Waals surface area contributed by atoms with Gasteiger partial charge in [0, 0.05) is 29.1 Å². The Labute approximate surface area is 136 Å². The van der Waals surface area contributed by atoms with E-state index in [0.29, 0.717) is 27.8 Å². The number of nitriles is 1. The third kappa shape index (κ3) is 2.85. The molecule has 7 heteroatoms. The van der Waals surface area contributed by atoms with E-state index in [1.807, 2.05) is 6.07 Å². The van der Waals surface area contributed by atoms with E-state index in [9.17, 15) is 14.4 Å². The second-order valence-corrected chi connectivity index (χ2v) is 4.98. The lowest BCUT2D eigenvalue weighted by Crippen LogP contribution is -2.12. The molecule has 0 spiro atoms. The maximum Gasteiger partial charge on any atom is 0.255 e. The fourth-order valence-corrected chi connectivity index (χ4v) is 2.33. The zero-order valence-corrected chi connectivity index (χ0v) is 12.7. The van der Waals surface area contributed by atoms with Crippen LogP contribution < -0.4 is 10.6 Å². The van der Waals surface area contributed by atoms with Gasteiger partial charge in [0.25, 0.3) is 5.91 Å². The number of carbonyl (C=O) groups excluding carboxylic acids is 1. The molecule has 1 aromatic heterocycles. The monoisotopic (exact) mass is 321 g/mol. The second kappa shape index (κ2) is 6.30. The molecule has 3 rings (SSSR count). The van der Waals surface area contributed by atoms with Crippen molar-refractivity contribution in [1.82, 2.24) is 10.2 Å². The van der Waals surface area contributed by atoms with Crippen molar-refractivity contribution in [2.24, 2.45) is 0 Å². The van der Waals surface area contributed by atoms with Crippen molar-refractivity contribution < 1.29 is 9.18 Å². The van der Waals surface area contributed by atoms with Gasteiger partial charge in [0.05, 0.1) is 0 Å². The molecule has 118 valence electrons.